The Morgan fingerprint density at radius 1 is 1.16 bits per heavy atom. The zero-order valence-corrected chi connectivity index (χ0v) is 18.9. The molecule has 0 spiro atoms. The van der Waals surface area contributed by atoms with Crippen molar-refractivity contribution >= 4 is 34.5 Å². The number of hydrogen-bond acceptors (Lipinski definition) is 5. The first kappa shape index (κ1) is 22.0. The van der Waals surface area contributed by atoms with Crippen LogP contribution in [0.5, 0.6) is 0 Å². The predicted molar refractivity (Wildman–Crippen MR) is 120 cm³/mol. The molecule has 1 atom stereocenters. The maximum atomic E-state index is 13.4. The Morgan fingerprint density at radius 3 is 2.56 bits per heavy atom. The van der Waals surface area contributed by atoms with E-state index in [0.717, 1.165) is 17.4 Å². The fourth-order valence-electron chi connectivity index (χ4n) is 4.61. The summed E-state index contributed by atoms with van der Waals surface area (Å²) in [7, 11) is 4.49. The van der Waals surface area contributed by atoms with Gasteiger partial charge in [-0.05, 0) is 25.3 Å². The number of amides is 1. The highest BCUT2D eigenvalue weighted by Crippen LogP contribution is 2.42. The van der Waals surface area contributed by atoms with Gasteiger partial charge in [-0.15, -0.1) is 0 Å². The molecule has 0 saturated heterocycles. The van der Waals surface area contributed by atoms with Gasteiger partial charge >= 0.3 is 5.69 Å². The third kappa shape index (κ3) is 3.19. The van der Waals surface area contributed by atoms with Crippen molar-refractivity contribution in [1.29, 1.82) is 0 Å². The summed E-state index contributed by atoms with van der Waals surface area (Å²) < 4.78 is 3.66. The third-order valence-electron chi connectivity index (χ3n) is 6.44. The predicted octanol–water partition coefficient (Wildman–Crippen LogP) is 1.58. The Morgan fingerprint density at radius 2 is 1.88 bits per heavy atom. The average molecular weight is 458 g/mol. The van der Waals surface area contributed by atoms with Gasteiger partial charge in [0.25, 0.3) is 5.56 Å². The molecule has 0 bridgehead atoms. The minimum absolute atomic E-state index is 0.0542. The van der Waals surface area contributed by atoms with E-state index >= 15 is 0 Å². The molecule has 168 valence electrons. The number of halogens is 1. The molecule has 1 aromatic carbocycles. The molecule has 4 rings (SSSR count). The summed E-state index contributed by atoms with van der Waals surface area (Å²) in [5.74, 6) is -0.420. The molecule has 0 aliphatic heterocycles. The van der Waals surface area contributed by atoms with E-state index in [1.165, 1.54) is 34.5 Å². The molecule has 1 aliphatic rings. The SMILES string of the molecule is CN(C(=O)Cn1cnc2c1c(=O)n(C)c(=O)n2C)C1(c2ccccc2Cl)CCCCC1=O. The molecule has 0 N–H and O–H groups in total. The highest BCUT2D eigenvalue weighted by molar-refractivity contribution is 6.31. The van der Waals surface area contributed by atoms with Crippen LogP contribution in [0.25, 0.3) is 11.2 Å². The number of likely N-dealkylation sites (N-methyl/N-ethyl adjacent to an activating group) is 1. The minimum Gasteiger partial charge on any atom is -0.327 e. The standard InChI is InChI=1S/C22H24ClN5O4/c1-25-19-18(20(31)26(2)21(25)32)28(13-24-19)12-17(30)27(3)22(11-7-6-10-16(22)29)14-8-4-5-9-15(14)23/h4-5,8-9,13H,6-7,10-12H2,1-3H3. The largest absolute Gasteiger partial charge is 0.332 e. The van der Waals surface area contributed by atoms with Gasteiger partial charge in [0.1, 0.15) is 12.1 Å². The second-order valence-electron chi connectivity index (χ2n) is 8.17. The van der Waals surface area contributed by atoms with Gasteiger partial charge in [0.2, 0.25) is 5.91 Å². The average Bonchev–Trinajstić information content (AvgIpc) is 3.20. The molecule has 10 heteroatoms. The Kier molecular flexibility index (Phi) is 5.54. The Balaban J connectivity index is 1.78. The first-order chi connectivity index (χ1) is 15.2. The lowest BCUT2D eigenvalue weighted by Crippen LogP contribution is -2.55. The number of benzene rings is 1. The number of aryl methyl sites for hydroxylation is 1. The molecule has 1 unspecified atom stereocenters. The quantitative estimate of drug-likeness (QED) is 0.592. The van der Waals surface area contributed by atoms with Crippen molar-refractivity contribution in [2.24, 2.45) is 14.1 Å². The van der Waals surface area contributed by atoms with Gasteiger partial charge in [-0.1, -0.05) is 29.8 Å². The van der Waals surface area contributed by atoms with E-state index in [1.807, 2.05) is 0 Å². The molecule has 2 heterocycles. The van der Waals surface area contributed by atoms with Gasteiger partial charge in [0, 0.05) is 38.1 Å². The number of nitrogens with zero attached hydrogens (tertiary/aromatic N) is 5. The lowest BCUT2D eigenvalue weighted by molar-refractivity contribution is -0.148. The van der Waals surface area contributed by atoms with Gasteiger partial charge in [-0.3, -0.25) is 23.5 Å². The number of rotatable bonds is 4. The number of carbonyl (C=O) groups excluding carboxylic acids is 2. The highest BCUT2D eigenvalue weighted by atomic mass is 35.5. The first-order valence-corrected chi connectivity index (χ1v) is 10.7. The van der Waals surface area contributed by atoms with Crippen molar-refractivity contribution in [2.45, 2.75) is 37.8 Å². The van der Waals surface area contributed by atoms with Gasteiger partial charge in [0.15, 0.2) is 16.9 Å². The van der Waals surface area contributed by atoms with Crippen LogP contribution in [0.3, 0.4) is 0 Å². The minimum atomic E-state index is -1.16. The maximum absolute atomic E-state index is 13.4. The lowest BCUT2D eigenvalue weighted by Gasteiger charge is -2.44. The Labute approximate surface area is 188 Å². The van der Waals surface area contributed by atoms with E-state index in [4.69, 9.17) is 11.6 Å². The van der Waals surface area contributed by atoms with Crippen LogP contribution in [-0.4, -0.2) is 42.3 Å². The fraction of sp³-hybridized carbons (Fsp3) is 0.409. The van der Waals surface area contributed by atoms with E-state index in [2.05, 4.69) is 4.98 Å². The summed E-state index contributed by atoms with van der Waals surface area (Å²) in [5.41, 5.74) is -1.24. The molecule has 1 saturated carbocycles. The maximum Gasteiger partial charge on any atom is 0.332 e. The van der Waals surface area contributed by atoms with Crippen LogP contribution < -0.4 is 11.2 Å². The van der Waals surface area contributed by atoms with Gasteiger partial charge in [0.05, 0.1) is 6.33 Å². The normalized spacial score (nSPS) is 18.8. The second-order valence-corrected chi connectivity index (χ2v) is 8.58. The lowest BCUT2D eigenvalue weighted by atomic mass is 9.74. The smallest absolute Gasteiger partial charge is 0.327 e. The van der Waals surface area contributed by atoms with Crippen molar-refractivity contribution in [1.82, 2.24) is 23.6 Å². The molecule has 9 nitrogen and oxygen atoms in total. The van der Waals surface area contributed by atoms with Gasteiger partial charge in [-0.2, -0.15) is 0 Å². The van der Waals surface area contributed by atoms with E-state index in [-0.39, 0.29) is 29.4 Å². The van der Waals surface area contributed by atoms with E-state index in [0.29, 0.717) is 23.4 Å². The van der Waals surface area contributed by atoms with Crippen molar-refractivity contribution in [3.63, 3.8) is 0 Å². The summed E-state index contributed by atoms with van der Waals surface area (Å²) in [5, 5.41) is 0.430. The second kappa shape index (κ2) is 8.05. The van der Waals surface area contributed by atoms with Crippen LogP contribution in [-0.2, 0) is 35.8 Å². The number of fused-ring (bicyclic) bond motifs is 1. The molecular formula is C22H24ClN5O4. The Bertz CT molecular complexity index is 1350. The van der Waals surface area contributed by atoms with Crippen molar-refractivity contribution in [3.8, 4) is 0 Å². The highest BCUT2D eigenvalue weighted by Gasteiger charge is 2.47. The van der Waals surface area contributed by atoms with Crippen molar-refractivity contribution in [2.75, 3.05) is 7.05 Å². The third-order valence-corrected chi connectivity index (χ3v) is 6.77. The number of hydrogen-bond donors (Lipinski definition) is 0. The molecule has 32 heavy (non-hydrogen) atoms. The number of carbonyl (C=O) groups is 2. The summed E-state index contributed by atoms with van der Waals surface area (Å²) >= 11 is 6.47. The summed E-state index contributed by atoms with van der Waals surface area (Å²) in [4.78, 5) is 57.2. The monoisotopic (exact) mass is 457 g/mol. The molecular weight excluding hydrogens is 434 g/mol. The van der Waals surface area contributed by atoms with E-state index in [1.54, 1.807) is 31.3 Å². The number of ketones is 1. The molecule has 2 aromatic heterocycles. The molecule has 1 aliphatic carbocycles. The first-order valence-electron chi connectivity index (χ1n) is 10.4. The summed E-state index contributed by atoms with van der Waals surface area (Å²) in [6.45, 7) is -0.208. The van der Waals surface area contributed by atoms with Gasteiger partial charge < -0.3 is 9.47 Å². The summed E-state index contributed by atoms with van der Waals surface area (Å²) in [6.07, 6.45) is 3.74. The zero-order valence-electron chi connectivity index (χ0n) is 18.2. The Hall–Kier alpha value is -3.20. The topological polar surface area (TPSA) is 99.2 Å². The molecule has 1 fully saturated rings. The summed E-state index contributed by atoms with van der Waals surface area (Å²) in [6, 6.07) is 7.09. The van der Waals surface area contributed by atoms with Crippen LogP contribution in [0.2, 0.25) is 5.02 Å². The van der Waals surface area contributed by atoms with Crippen molar-refractivity contribution < 1.29 is 9.59 Å². The van der Waals surface area contributed by atoms with Gasteiger partial charge in [-0.25, -0.2) is 9.78 Å². The van der Waals surface area contributed by atoms with Crippen LogP contribution in [0.1, 0.15) is 31.2 Å². The molecule has 1 amide bonds. The van der Waals surface area contributed by atoms with Crippen LogP contribution >= 0.6 is 11.6 Å². The number of imidazole rings is 1. The fourth-order valence-corrected chi connectivity index (χ4v) is 4.90. The zero-order chi connectivity index (χ0) is 23.2. The molecule has 0 radical (unpaired) electrons. The van der Waals surface area contributed by atoms with E-state index in [9.17, 15) is 19.2 Å². The van der Waals surface area contributed by atoms with Crippen LogP contribution in [0.15, 0.2) is 40.2 Å². The van der Waals surface area contributed by atoms with Crippen LogP contribution in [0, 0.1) is 0 Å². The number of aromatic nitrogens is 4. The van der Waals surface area contributed by atoms with E-state index < -0.39 is 16.8 Å². The molecule has 3 aromatic rings. The van der Waals surface area contributed by atoms with Crippen molar-refractivity contribution in [3.05, 3.63) is 62.0 Å². The van der Waals surface area contributed by atoms with Crippen LogP contribution in [0.4, 0.5) is 0 Å². The number of Topliss-reactive ketones (excluding diaryl/α,β-unsaturated/α-hetero) is 1.